The number of fused-ring (bicyclic) bond motifs is 1. The van der Waals surface area contributed by atoms with Crippen LogP contribution in [0.4, 0.5) is 19.0 Å². The molecule has 0 aliphatic carbocycles. The topological polar surface area (TPSA) is 104 Å². The predicted molar refractivity (Wildman–Crippen MR) is 113 cm³/mol. The van der Waals surface area contributed by atoms with Crippen molar-refractivity contribution in [2.24, 2.45) is 0 Å². The molecule has 0 fully saturated rings. The lowest BCUT2D eigenvalue weighted by atomic mass is 10.1. The number of nitrogens with zero attached hydrogens (tertiary/aromatic N) is 5. The Morgan fingerprint density at radius 2 is 1.82 bits per heavy atom. The quantitative estimate of drug-likeness (QED) is 0.562. The normalized spacial score (nSPS) is 12.6. The Labute approximate surface area is 191 Å². The molecule has 0 N–H and O–H groups in total. The van der Waals surface area contributed by atoms with E-state index >= 15 is 0 Å². The van der Waals surface area contributed by atoms with E-state index < -0.39 is 23.0 Å². The lowest BCUT2D eigenvalue weighted by Gasteiger charge is -2.14. The first-order chi connectivity index (χ1) is 16.2. The van der Waals surface area contributed by atoms with Gasteiger partial charge in [-0.3, -0.25) is 4.57 Å². The van der Waals surface area contributed by atoms with E-state index in [0.29, 0.717) is 30.5 Å². The van der Waals surface area contributed by atoms with Crippen molar-refractivity contribution < 1.29 is 22.6 Å². The molecule has 8 nitrogen and oxygen atoms in total. The highest BCUT2D eigenvalue weighted by Crippen LogP contribution is 2.36. The van der Waals surface area contributed by atoms with E-state index in [-0.39, 0.29) is 29.5 Å². The Hall–Kier alpha value is -4.51. The minimum absolute atomic E-state index is 0.00363. The first-order valence-electron chi connectivity index (χ1n) is 9.97. The molecule has 1 aliphatic heterocycles. The summed E-state index contributed by atoms with van der Waals surface area (Å²) in [6.45, 7) is 1.25. The van der Waals surface area contributed by atoms with Crippen molar-refractivity contribution in [1.29, 1.82) is 10.5 Å². The first kappa shape index (κ1) is 22.7. The fraction of sp³-hybridized carbons (Fsp3) is 0.217. The molecule has 0 spiro atoms. The summed E-state index contributed by atoms with van der Waals surface area (Å²) < 4.78 is 52.3. The van der Waals surface area contributed by atoms with Crippen LogP contribution in [0, 0.1) is 22.7 Å². The largest absolute Gasteiger partial charge is 0.473 e. The molecule has 0 bridgehead atoms. The molecule has 2 aromatic carbocycles. The molecule has 4 rings (SSSR count). The fourth-order valence-corrected chi connectivity index (χ4v) is 3.48. The Balaban J connectivity index is 1.53. The molecule has 0 unspecified atom stereocenters. The number of hydrogen-bond acceptors (Lipinski definition) is 7. The van der Waals surface area contributed by atoms with Crippen LogP contribution in [0.25, 0.3) is 0 Å². The van der Waals surface area contributed by atoms with Gasteiger partial charge in [-0.1, -0.05) is 6.07 Å². The second kappa shape index (κ2) is 8.79. The van der Waals surface area contributed by atoms with Gasteiger partial charge < -0.3 is 14.4 Å². The summed E-state index contributed by atoms with van der Waals surface area (Å²) in [6, 6.07) is 12.5. The summed E-state index contributed by atoms with van der Waals surface area (Å²) in [5, 5.41) is 18.4. The van der Waals surface area contributed by atoms with Crippen molar-refractivity contribution in [3.63, 3.8) is 0 Å². The Morgan fingerprint density at radius 3 is 2.53 bits per heavy atom. The second-order valence-corrected chi connectivity index (χ2v) is 7.46. The molecule has 34 heavy (non-hydrogen) atoms. The SMILES string of the molecule is CN1CCn2c1cc(OCc1ccc(Oc3ccc(C#N)c(C(F)(F)F)c3)c(C#N)c1)nc2=O. The highest BCUT2D eigenvalue weighted by molar-refractivity contribution is 5.50. The third-order valence-electron chi connectivity index (χ3n) is 5.21. The maximum absolute atomic E-state index is 13.2. The van der Waals surface area contributed by atoms with Crippen molar-refractivity contribution in [1.82, 2.24) is 9.55 Å². The monoisotopic (exact) mass is 467 g/mol. The summed E-state index contributed by atoms with van der Waals surface area (Å²) >= 11 is 0. The van der Waals surface area contributed by atoms with Gasteiger partial charge in [-0.05, 0) is 35.9 Å². The number of ether oxygens (including phenoxy) is 2. The van der Waals surface area contributed by atoms with Gasteiger partial charge >= 0.3 is 11.9 Å². The first-order valence-corrected chi connectivity index (χ1v) is 9.97. The molecule has 1 aromatic heterocycles. The zero-order chi connectivity index (χ0) is 24.5. The van der Waals surface area contributed by atoms with Gasteiger partial charge in [0.2, 0.25) is 5.88 Å². The van der Waals surface area contributed by atoms with E-state index in [1.54, 1.807) is 16.7 Å². The standard InChI is InChI=1S/C23H16F3N5O3/c1-30-6-7-31-21(30)10-20(29-22(31)32)33-13-14-2-5-19(16(8-14)12-28)34-17-4-3-15(11-27)18(9-17)23(24,25)26/h2-5,8-10H,6-7,13H2,1H3. The van der Waals surface area contributed by atoms with Crippen LogP contribution in [0.15, 0.2) is 47.3 Å². The number of benzene rings is 2. The zero-order valence-corrected chi connectivity index (χ0v) is 17.8. The molecule has 0 radical (unpaired) electrons. The van der Waals surface area contributed by atoms with E-state index in [1.165, 1.54) is 24.3 Å². The van der Waals surface area contributed by atoms with E-state index in [1.807, 2.05) is 18.0 Å². The van der Waals surface area contributed by atoms with Crippen molar-refractivity contribution in [3.05, 3.63) is 75.2 Å². The molecule has 0 saturated carbocycles. The second-order valence-electron chi connectivity index (χ2n) is 7.46. The fourth-order valence-electron chi connectivity index (χ4n) is 3.48. The molecule has 172 valence electrons. The number of hydrogen-bond donors (Lipinski definition) is 0. The van der Waals surface area contributed by atoms with Crippen LogP contribution in [-0.2, 0) is 19.3 Å². The van der Waals surface area contributed by atoms with Gasteiger partial charge in [-0.2, -0.15) is 28.7 Å². The van der Waals surface area contributed by atoms with Gasteiger partial charge in [-0.15, -0.1) is 0 Å². The number of anilines is 1. The van der Waals surface area contributed by atoms with E-state index in [2.05, 4.69) is 4.98 Å². The number of alkyl halides is 3. The van der Waals surface area contributed by atoms with Crippen molar-refractivity contribution >= 4 is 5.82 Å². The van der Waals surface area contributed by atoms with Crippen LogP contribution in [0.1, 0.15) is 22.3 Å². The van der Waals surface area contributed by atoms with Gasteiger partial charge in [0.05, 0.1) is 22.8 Å². The lowest BCUT2D eigenvalue weighted by molar-refractivity contribution is -0.137. The summed E-state index contributed by atoms with van der Waals surface area (Å²) in [4.78, 5) is 17.9. The maximum atomic E-state index is 13.2. The molecule has 0 saturated heterocycles. The number of nitriles is 2. The summed E-state index contributed by atoms with van der Waals surface area (Å²) in [6.07, 6.45) is -4.73. The minimum Gasteiger partial charge on any atom is -0.473 e. The zero-order valence-electron chi connectivity index (χ0n) is 17.8. The third kappa shape index (κ3) is 4.50. The van der Waals surface area contributed by atoms with Gasteiger partial charge in [0.15, 0.2) is 0 Å². The van der Waals surface area contributed by atoms with Crippen molar-refractivity contribution in [3.8, 4) is 29.5 Å². The summed E-state index contributed by atoms with van der Waals surface area (Å²) in [7, 11) is 1.85. The molecular weight excluding hydrogens is 451 g/mol. The van der Waals surface area contributed by atoms with E-state index in [0.717, 1.165) is 6.07 Å². The van der Waals surface area contributed by atoms with Gasteiger partial charge in [-0.25, -0.2) is 4.79 Å². The lowest BCUT2D eigenvalue weighted by Crippen LogP contribution is -2.22. The molecular formula is C23H16F3N5O3. The van der Waals surface area contributed by atoms with Crippen LogP contribution in [0.3, 0.4) is 0 Å². The molecule has 0 atom stereocenters. The number of aromatic nitrogens is 2. The predicted octanol–water partition coefficient (Wildman–Crippen LogP) is 3.83. The van der Waals surface area contributed by atoms with Crippen molar-refractivity contribution in [2.75, 3.05) is 18.5 Å². The summed E-state index contributed by atoms with van der Waals surface area (Å²) in [5.74, 6) is 0.705. The molecule has 1 aliphatic rings. The van der Waals surface area contributed by atoms with Crippen LogP contribution in [0.5, 0.6) is 17.4 Å². The highest BCUT2D eigenvalue weighted by Gasteiger charge is 2.34. The van der Waals surface area contributed by atoms with E-state index in [4.69, 9.17) is 14.7 Å². The maximum Gasteiger partial charge on any atom is 0.417 e. The highest BCUT2D eigenvalue weighted by atomic mass is 19.4. The van der Waals surface area contributed by atoms with Gasteiger partial charge in [0.25, 0.3) is 0 Å². The van der Waals surface area contributed by atoms with Crippen LogP contribution >= 0.6 is 0 Å². The molecule has 0 amide bonds. The smallest absolute Gasteiger partial charge is 0.417 e. The van der Waals surface area contributed by atoms with Crippen LogP contribution in [0.2, 0.25) is 0 Å². The minimum atomic E-state index is -4.73. The van der Waals surface area contributed by atoms with Crippen LogP contribution < -0.4 is 20.1 Å². The Bertz CT molecular complexity index is 1400. The number of rotatable bonds is 5. The summed E-state index contributed by atoms with van der Waals surface area (Å²) in [5.41, 5.74) is -1.44. The average molecular weight is 467 g/mol. The Morgan fingerprint density at radius 1 is 1.06 bits per heavy atom. The third-order valence-corrected chi connectivity index (χ3v) is 5.21. The Kier molecular flexibility index (Phi) is 5.86. The number of likely N-dealkylation sites (N-methyl/N-ethyl adjacent to an activating group) is 1. The van der Waals surface area contributed by atoms with Gasteiger partial charge in [0.1, 0.15) is 30.0 Å². The van der Waals surface area contributed by atoms with Crippen molar-refractivity contribution in [2.45, 2.75) is 19.3 Å². The van der Waals surface area contributed by atoms with Gasteiger partial charge in [0, 0.05) is 26.2 Å². The van der Waals surface area contributed by atoms with Crippen LogP contribution in [-0.4, -0.2) is 23.1 Å². The number of halogens is 3. The molecule has 2 heterocycles. The average Bonchev–Trinajstić information content (AvgIpc) is 3.19. The van der Waals surface area contributed by atoms with E-state index in [9.17, 15) is 23.2 Å². The molecule has 11 heteroatoms. The molecule has 3 aromatic rings.